The molecule has 1 atom stereocenters. The first-order valence-electron chi connectivity index (χ1n) is 4.36. The first-order valence-corrected chi connectivity index (χ1v) is 5.16. The average molecular weight is 270 g/mol. The summed E-state index contributed by atoms with van der Waals surface area (Å²) in [6.45, 7) is 0.359. The summed E-state index contributed by atoms with van der Waals surface area (Å²) in [7, 11) is 0. The highest BCUT2D eigenvalue weighted by Gasteiger charge is 2.25. The lowest BCUT2D eigenvalue weighted by Gasteiger charge is -2.10. The fourth-order valence-corrected chi connectivity index (χ4v) is 1.79. The van der Waals surface area contributed by atoms with Gasteiger partial charge in [-0.1, -0.05) is 28.1 Å². The number of carboxylic acids is 1. The Morgan fingerprint density at radius 2 is 2.40 bits per heavy atom. The predicted molar refractivity (Wildman–Crippen MR) is 57.9 cm³/mol. The molecule has 0 saturated carbocycles. The van der Waals surface area contributed by atoms with Crippen molar-refractivity contribution in [1.29, 1.82) is 0 Å². The summed E-state index contributed by atoms with van der Waals surface area (Å²) in [4.78, 5) is 14.4. The van der Waals surface area contributed by atoms with Crippen LogP contribution in [0.15, 0.2) is 33.7 Å². The number of nitrogens with zero attached hydrogens (tertiary/aromatic N) is 1. The molecule has 1 aliphatic heterocycles. The van der Waals surface area contributed by atoms with Crippen LogP contribution >= 0.6 is 15.9 Å². The molecule has 0 radical (unpaired) electrons. The molecule has 2 rings (SSSR count). The van der Waals surface area contributed by atoms with Crippen molar-refractivity contribution in [3.8, 4) is 0 Å². The zero-order valence-electron chi connectivity index (χ0n) is 7.68. The standard InChI is InChI=1S/C10H8BrNO3/c11-7-3-1-2-6(4-7)8-5-12-9(15-8)10(13)14/h1-4,8H,5H2,(H,13,14). The first kappa shape index (κ1) is 10.2. The molecule has 1 N–H and O–H groups in total. The lowest BCUT2D eigenvalue weighted by atomic mass is 10.1. The monoisotopic (exact) mass is 269 g/mol. The van der Waals surface area contributed by atoms with Crippen molar-refractivity contribution in [1.82, 2.24) is 0 Å². The largest absolute Gasteiger partial charge is 0.474 e. The quantitative estimate of drug-likeness (QED) is 0.894. The summed E-state index contributed by atoms with van der Waals surface area (Å²) in [5.41, 5.74) is 0.921. The van der Waals surface area contributed by atoms with Crippen LogP contribution in [0.25, 0.3) is 0 Å². The van der Waals surface area contributed by atoms with Crippen LogP contribution < -0.4 is 0 Å². The van der Waals surface area contributed by atoms with Gasteiger partial charge in [0.25, 0.3) is 5.90 Å². The van der Waals surface area contributed by atoms with Gasteiger partial charge >= 0.3 is 5.97 Å². The van der Waals surface area contributed by atoms with Gasteiger partial charge in [-0.3, -0.25) is 0 Å². The van der Waals surface area contributed by atoms with Crippen LogP contribution in [-0.2, 0) is 9.53 Å². The molecule has 1 aromatic rings. The molecule has 1 heterocycles. The second-order valence-corrected chi connectivity index (χ2v) is 4.03. The maximum Gasteiger partial charge on any atom is 0.391 e. The van der Waals surface area contributed by atoms with E-state index in [2.05, 4.69) is 20.9 Å². The molecule has 0 aliphatic carbocycles. The Morgan fingerprint density at radius 1 is 1.60 bits per heavy atom. The highest BCUT2D eigenvalue weighted by molar-refractivity contribution is 9.10. The van der Waals surface area contributed by atoms with E-state index in [-0.39, 0.29) is 12.0 Å². The molecule has 1 aromatic carbocycles. The SMILES string of the molecule is O=C(O)C1=NCC(c2cccc(Br)c2)O1. The third kappa shape index (κ3) is 2.18. The maximum absolute atomic E-state index is 10.6. The van der Waals surface area contributed by atoms with E-state index in [9.17, 15) is 4.79 Å². The topological polar surface area (TPSA) is 58.9 Å². The number of aliphatic carboxylic acids is 1. The van der Waals surface area contributed by atoms with E-state index >= 15 is 0 Å². The fraction of sp³-hybridized carbons (Fsp3) is 0.200. The number of hydrogen-bond acceptors (Lipinski definition) is 3. The van der Waals surface area contributed by atoms with Crippen molar-refractivity contribution >= 4 is 27.8 Å². The van der Waals surface area contributed by atoms with Gasteiger partial charge in [0.2, 0.25) is 0 Å². The zero-order chi connectivity index (χ0) is 10.8. The zero-order valence-corrected chi connectivity index (χ0v) is 9.27. The minimum absolute atomic E-state index is 0.208. The summed E-state index contributed by atoms with van der Waals surface area (Å²) in [5, 5.41) is 8.67. The van der Waals surface area contributed by atoms with Crippen LogP contribution in [0.2, 0.25) is 0 Å². The van der Waals surface area contributed by atoms with Crippen LogP contribution in [0, 0.1) is 0 Å². The lowest BCUT2D eigenvalue weighted by Crippen LogP contribution is -2.14. The Kier molecular flexibility index (Phi) is 2.73. The van der Waals surface area contributed by atoms with Gasteiger partial charge in [-0.15, -0.1) is 0 Å². The molecule has 1 unspecified atom stereocenters. The molecule has 5 heteroatoms. The smallest absolute Gasteiger partial charge is 0.391 e. The number of carbonyl (C=O) groups is 1. The van der Waals surface area contributed by atoms with Crippen LogP contribution in [-0.4, -0.2) is 23.5 Å². The van der Waals surface area contributed by atoms with Crippen LogP contribution in [0.4, 0.5) is 0 Å². The molecule has 0 fully saturated rings. The number of rotatable bonds is 2. The third-order valence-corrected chi connectivity index (χ3v) is 2.55. The minimum Gasteiger partial charge on any atom is -0.474 e. The second kappa shape index (κ2) is 4.02. The van der Waals surface area contributed by atoms with Crippen LogP contribution in [0.3, 0.4) is 0 Å². The first-order chi connectivity index (χ1) is 7.16. The van der Waals surface area contributed by atoms with Gasteiger partial charge in [-0.25, -0.2) is 9.79 Å². The Balaban J connectivity index is 2.13. The van der Waals surface area contributed by atoms with E-state index < -0.39 is 5.97 Å². The Bertz CT molecular complexity index is 430. The number of benzene rings is 1. The molecule has 0 saturated heterocycles. The van der Waals surface area contributed by atoms with Crippen molar-refractivity contribution < 1.29 is 14.6 Å². The predicted octanol–water partition coefficient (Wildman–Crippen LogP) is 2.00. The van der Waals surface area contributed by atoms with Crippen molar-refractivity contribution in [2.75, 3.05) is 6.54 Å². The molecular formula is C10H8BrNO3. The number of ether oxygens (including phenoxy) is 1. The van der Waals surface area contributed by atoms with E-state index in [1.165, 1.54) is 0 Å². The number of halogens is 1. The van der Waals surface area contributed by atoms with Crippen molar-refractivity contribution in [3.63, 3.8) is 0 Å². The molecular weight excluding hydrogens is 262 g/mol. The van der Waals surface area contributed by atoms with Crippen molar-refractivity contribution in [2.24, 2.45) is 4.99 Å². The molecule has 4 nitrogen and oxygen atoms in total. The lowest BCUT2D eigenvalue weighted by molar-refractivity contribution is -0.131. The molecule has 1 aliphatic rings. The van der Waals surface area contributed by atoms with Crippen LogP contribution in [0.1, 0.15) is 11.7 Å². The minimum atomic E-state index is -1.12. The molecule has 0 spiro atoms. The van der Waals surface area contributed by atoms with E-state index in [4.69, 9.17) is 9.84 Å². The number of carboxylic acid groups (broad SMARTS) is 1. The normalized spacial score (nSPS) is 19.5. The van der Waals surface area contributed by atoms with Gasteiger partial charge in [-0.05, 0) is 17.7 Å². The van der Waals surface area contributed by atoms with Gasteiger partial charge in [0, 0.05) is 4.47 Å². The number of aliphatic imine (C=N–C) groups is 1. The van der Waals surface area contributed by atoms with Crippen molar-refractivity contribution in [3.05, 3.63) is 34.3 Å². The van der Waals surface area contributed by atoms with Gasteiger partial charge in [0.05, 0.1) is 6.54 Å². The summed E-state index contributed by atoms with van der Waals surface area (Å²) in [5.74, 6) is -1.33. The molecule has 0 bridgehead atoms. The third-order valence-electron chi connectivity index (χ3n) is 2.06. The highest BCUT2D eigenvalue weighted by atomic mass is 79.9. The molecule has 15 heavy (non-hydrogen) atoms. The summed E-state index contributed by atoms with van der Waals surface area (Å²) >= 11 is 3.34. The Labute approximate surface area is 94.7 Å². The molecule has 78 valence electrons. The fourth-order valence-electron chi connectivity index (χ4n) is 1.37. The Morgan fingerprint density at radius 3 is 3.00 bits per heavy atom. The maximum atomic E-state index is 10.6. The van der Waals surface area contributed by atoms with Gasteiger partial charge in [0.15, 0.2) is 0 Å². The van der Waals surface area contributed by atoms with Gasteiger partial charge in [-0.2, -0.15) is 0 Å². The molecule has 0 aromatic heterocycles. The Hall–Kier alpha value is -1.36. The van der Waals surface area contributed by atoms with Crippen molar-refractivity contribution in [2.45, 2.75) is 6.10 Å². The van der Waals surface area contributed by atoms with E-state index in [0.29, 0.717) is 6.54 Å². The van der Waals surface area contributed by atoms with E-state index in [1.807, 2.05) is 24.3 Å². The van der Waals surface area contributed by atoms with Crippen LogP contribution in [0.5, 0.6) is 0 Å². The number of hydrogen-bond donors (Lipinski definition) is 1. The van der Waals surface area contributed by atoms with Gasteiger partial charge < -0.3 is 9.84 Å². The van der Waals surface area contributed by atoms with E-state index in [0.717, 1.165) is 10.0 Å². The summed E-state index contributed by atoms with van der Waals surface area (Å²) < 4.78 is 6.13. The summed E-state index contributed by atoms with van der Waals surface area (Å²) in [6.07, 6.45) is -0.284. The average Bonchev–Trinajstić information content (AvgIpc) is 2.66. The van der Waals surface area contributed by atoms with E-state index in [1.54, 1.807) is 0 Å². The second-order valence-electron chi connectivity index (χ2n) is 3.11. The van der Waals surface area contributed by atoms with Gasteiger partial charge in [0.1, 0.15) is 6.10 Å². The molecule has 0 amide bonds. The summed E-state index contributed by atoms with van der Waals surface area (Å²) in [6, 6.07) is 7.56. The highest BCUT2D eigenvalue weighted by Crippen LogP contribution is 2.25.